The molecule has 2 aromatic carbocycles. The van der Waals surface area contributed by atoms with Crippen LogP contribution in [0.25, 0.3) is 10.8 Å². The van der Waals surface area contributed by atoms with E-state index in [1.807, 2.05) is 0 Å². The maximum absolute atomic E-state index is 12.2. The highest BCUT2D eigenvalue weighted by atomic mass is 32.3. The lowest BCUT2D eigenvalue weighted by Crippen LogP contribution is -2.15. The quantitative estimate of drug-likeness (QED) is 0.664. The van der Waals surface area contributed by atoms with Gasteiger partial charge in [-0.2, -0.15) is 16.8 Å². The SMILES string of the molecule is Cc1ccc2cc(S(=O)(=O)CCOS(=O)(=O)O)ccc2c1S(=O)(=O)O. The van der Waals surface area contributed by atoms with Gasteiger partial charge in [-0.3, -0.25) is 9.11 Å². The number of sulfone groups is 1. The van der Waals surface area contributed by atoms with E-state index in [-0.39, 0.29) is 20.6 Å². The van der Waals surface area contributed by atoms with Crippen molar-refractivity contribution < 1.29 is 38.5 Å². The Kier molecular flexibility index (Phi) is 5.23. The number of hydrogen-bond acceptors (Lipinski definition) is 7. The number of aryl methyl sites for hydroxylation is 1. The van der Waals surface area contributed by atoms with Crippen molar-refractivity contribution in [2.45, 2.75) is 16.7 Å². The van der Waals surface area contributed by atoms with E-state index >= 15 is 0 Å². The van der Waals surface area contributed by atoms with Crippen LogP contribution in [0, 0.1) is 6.92 Å². The van der Waals surface area contributed by atoms with E-state index < -0.39 is 42.7 Å². The zero-order chi connectivity index (χ0) is 19.0. The molecule has 9 nitrogen and oxygen atoms in total. The molecule has 2 N–H and O–H groups in total. The summed E-state index contributed by atoms with van der Waals surface area (Å²) in [6.07, 6.45) is 0. The van der Waals surface area contributed by atoms with Crippen LogP contribution in [0.4, 0.5) is 0 Å². The Labute approximate surface area is 144 Å². The van der Waals surface area contributed by atoms with Crippen molar-refractivity contribution in [3.63, 3.8) is 0 Å². The van der Waals surface area contributed by atoms with E-state index in [0.29, 0.717) is 5.56 Å². The molecule has 0 amide bonds. The van der Waals surface area contributed by atoms with Gasteiger partial charge in [0, 0.05) is 5.39 Å². The van der Waals surface area contributed by atoms with Crippen LogP contribution in [0.2, 0.25) is 0 Å². The van der Waals surface area contributed by atoms with Gasteiger partial charge >= 0.3 is 10.4 Å². The smallest absolute Gasteiger partial charge is 0.282 e. The summed E-state index contributed by atoms with van der Waals surface area (Å²) >= 11 is 0. The van der Waals surface area contributed by atoms with Crippen molar-refractivity contribution in [1.29, 1.82) is 0 Å². The number of fused-ring (bicyclic) bond motifs is 1. The summed E-state index contributed by atoms with van der Waals surface area (Å²) in [7, 11) is -13.2. The molecule has 0 unspecified atom stereocenters. The first-order valence-electron chi connectivity index (χ1n) is 6.67. The first-order chi connectivity index (χ1) is 11.3. The Hall–Kier alpha value is -1.57. The van der Waals surface area contributed by atoms with Gasteiger partial charge in [0.25, 0.3) is 10.1 Å². The molecule has 0 saturated carbocycles. The zero-order valence-corrected chi connectivity index (χ0v) is 15.2. The summed E-state index contributed by atoms with van der Waals surface area (Å²) in [5, 5.41) is 0.408. The molecular weight excluding hydrogens is 396 g/mol. The lowest BCUT2D eigenvalue weighted by Gasteiger charge is -2.10. The van der Waals surface area contributed by atoms with E-state index in [1.54, 1.807) is 0 Å². The molecule has 0 aromatic heterocycles. The fourth-order valence-electron chi connectivity index (χ4n) is 2.29. The van der Waals surface area contributed by atoms with E-state index in [9.17, 15) is 29.8 Å². The monoisotopic (exact) mass is 410 g/mol. The highest BCUT2D eigenvalue weighted by Crippen LogP contribution is 2.28. The fraction of sp³-hybridized carbons (Fsp3) is 0.231. The van der Waals surface area contributed by atoms with E-state index in [4.69, 9.17) is 4.55 Å². The van der Waals surface area contributed by atoms with Gasteiger partial charge in [-0.25, -0.2) is 12.6 Å². The molecule has 12 heteroatoms. The molecule has 0 radical (unpaired) electrons. The highest BCUT2D eigenvalue weighted by molar-refractivity contribution is 7.91. The minimum absolute atomic E-state index is 0.149. The molecule has 25 heavy (non-hydrogen) atoms. The van der Waals surface area contributed by atoms with Gasteiger partial charge in [-0.1, -0.05) is 18.2 Å². The zero-order valence-electron chi connectivity index (χ0n) is 12.8. The van der Waals surface area contributed by atoms with Crippen LogP contribution in [0.1, 0.15) is 5.56 Å². The van der Waals surface area contributed by atoms with Crippen LogP contribution >= 0.6 is 0 Å². The van der Waals surface area contributed by atoms with Crippen molar-refractivity contribution in [3.8, 4) is 0 Å². The Morgan fingerprint density at radius 1 is 0.960 bits per heavy atom. The average molecular weight is 410 g/mol. The Bertz CT molecular complexity index is 1130. The van der Waals surface area contributed by atoms with Crippen molar-refractivity contribution in [2.24, 2.45) is 0 Å². The minimum atomic E-state index is -4.75. The van der Waals surface area contributed by atoms with Gasteiger partial charge in [0.1, 0.15) is 4.90 Å². The van der Waals surface area contributed by atoms with Crippen LogP contribution in [-0.4, -0.2) is 46.7 Å². The molecule has 0 atom stereocenters. The predicted molar refractivity (Wildman–Crippen MR) is 88.1 cm³/mol. The topological polar surface area (TPSA) is 152 Å². The number of hydrogen-bond donors (Lipinski definition) is 2. The van der Waals surface area contributed by atoms with Crippen LogP contribution < -0.4 is 0 Å². The lowest BCUT2D eigenvalue weighted by atomic mass is 10.1. The largest absolute Gasteiger partial charge is 0.397 e. The summed E-state index contributed by atoms with van der Waals surface area (Å²) in [5.41, 5.74) is 0.298. The summed E-state index contributed by atoms with van der Waals surface area (Å²) in [5.74, 6) is -0.713. The molecule has 0 heterocycles. The predicted octanol–water partition coefficient (Wildman–Crippen LogP) is 0.988. The molecular formula is C13H14O9S3. The third-order valence-electron chi connectivity index (χ3n) is 3.34. The standard InChI is InChI=1S/C13H14O9S3/c1-9-2-3-10-8-11(4-5-12(10)13(9)24(16,17)18)23(14,15)7-6-22-25(19,20)21/h2-5,8H,6-7H2,1H3,(H,16,17,18)(H,19,20,21). The summed E-state index contributed by atoms with van der Waals surface area (Å²) in [6.45, 7) is 0.712. The third-order valence-corrected chi connectivity index (χ3v) is 6.54. The fourth-order valence-corrected chi connectivity index (χ4v) is 4.75. The van der Waals surface area contributed by atoms with Crippen molar-refractivity contribution in [2.75, 3.05) is 12.4 Å². The van der Waals surface area contributed by atoms with E-state index in [2.05, 4.69) is 4.18 Å². The Morgan fingerprint density at radius 3 is 2.16 bits per heavy atom. The van der Waals surface area contributed by atoms with Gasteiger partial charge < -0.3 is 0 Å². The molecule has 0 spiro atoms. The maximum Gasteiger partial charge on any atom is 0.397 e. The minimum Gasteiger partial charge on any atom is -0.282 e. The second kappa shape index (κ2) is 6.63. The highest BCUT2D eigenvalue weighted by Gasteiger charge is 2.20. The molecule has 0 aliphatic carbocycles. The number of benzene rings is 2. The van der Waals surface area contributed by atoms with Crippen LogP contribution in [-0.2, 0) is 34.5 Å². The van der Waals surface area contributed by atoms with Gasteiger partial charge in [0.2, 0.25) is 0 Å². The van der Waals surface area contributed by atoms with Crippen molar-refractivity contribution in [1.82, 2.24) is 0 Å². The third kappa shape index (κ3) is 4.74. The van der Waals surface area contributed by atoms with Gasteiger partial charge in [0.15, 0.2) is 9.84 Å². The molecule has 2 aromatic rings. The summed E-state index contributed by atoms with van der Waals surface area (Å²) < 4.78 is 90.1. The molecule has 0 fully saturated rings. The van der Waals surface area contributed by atoms with Crippen molar-refractivity contribution >= 4 is 41.1 Å². The molecule has 0 aliphatic rings. The second-order valence-electron chi connectivity index (χ2n) is 5.14. The van der Waals surface area contributed by atoms with E-state index in [0.717, 1.165) is 6.07 Å². The Morgan fingerprint density at radius 2 is 1.60 bits per heavy atom. The van der Waals surface area contributed by atoms with Gasteiger partial charge in [-0.15, -0.1) is 0 Å². The van der Waals surface area contributed by atoms with Gasteiger partial charge in [0.05, 0.1) is 17.3 Å². The van der Waals surface area contributed by atoms with E-state index in [1.165, 1.54) is 31.2 Å². The molecule has 2 rings (SSSR count). The van der Waals surface area contributed by atoms with Crippen LogP contribution in [0.5, 0.6) is 0 Å². The summed E-state index contributed by atoms with van der Waals surface area (Å²) in [6, 6.07) is 6.49. The molecule has 138 valence electrons. The molecule has 0 bridgehead atoms. The van der Waals surface area contributed by atoms with Crippen LogP contribution in [0.15, 0.2) is 40.1 Å². The molecule has 0 aliphatic heterocycles. The molecule has 0 saturated heterocycles. The average Bonchev–Trinajstić information content (AvgIpc) is 2.43. The van der Waals surface area contributed by atoms with Crippen LogP contribution in [0.3, 0.4) is 0 Å². The first kappa shape index (κ1) is 19.8. The number of rotatable bonds is 6. The normalized spacial score (nSPS) is 13.2. The maximum atomic E-state index is 12.2. The first-order valence-corrected chi connectivity index (χ1v) is 11.1. The summed E-state index contributed by atoms with van der Waals surface area (Å²) in [4.78, 5) is -0.507. The van der Waals surface area contributed by atoms with Gasteiger partial charge in [-0.05, 0) is 30.0 Å². The Balaban J connectivity index is 2.47. The lowest BCUT2D eigenvalue weighted by molar-refractivity contribution is 0.284. The van der Waals surface area contributed by atoms with Crippen molar-refractivity contribution in [3.05, 3.63) is 35.9 Å². The second-order valence-corrected chi connectivity index (χ2v) is 9.70.